The summed E-state index contributed by atoms with van der Waals surface area (Å²) in [6.07, 6.45) is 2.30. The maximum absolute atomic E-state index is 2.57. The molecule has 1 nitrogen and oxygen atoms in total. The third-order valence-electron chi connectivity index (χ3n) is 14.2. The number of hydrogen-bond acceptors (Lipinski definition) is 1. The highest BCUT2D eigenvalue weighted by Gasteiger charge is 2.47. The van der Waals surface area contributed by atoms with Crippen molar-refractivity contribution in [1.82, 2.24) is 0 Å². The summed E-state index contributed by atoms with van der Waals surface area (Å²) in [6, 6.07) is 79.3. The van der Waals surface area contributed by atoms with Gasteiger partial charge in [0.25, 0.3) is 0 Å². The number of benzene rings is 9. The van der Waals surface area contributed by atoms with Crippen molar-refractivity contribution in [2.75, 3.05) is 4.90 Å². The summed E-state index contributed by atoms with van der Waals surface area (Å²) in [5, 5.41) is 2.52. The summed E-state index contributed by atoms with van der Waals surface area (Å²) in [7, 11) is 0. The SMILES string of the molecule is CC1(C)CCC(C)(C)c2c(-c3cc4c(cc3N(c3ccccc3)c3ccc(-c5cccc6ccccc56)cc3)C(c3ccccc3)(c3ccccc3)c3ccccc3-4)cccc21. The summed E-state index contributed by atoms with van der Waals surface area (Å²) in [6.45, 7) is 9.80. The lowest BCUT2D eigenvalue weighted by molar-refractivity contribution is 0.333. The highest BCUT2D eigenvalue weighted by molar-refractivity contribution is 5.99. The van der Waals surface area contributed by atoms with E-state index < -0.39 is 5.41 Å². The molecule has 11 rings (SSSR count). The Morgan fingerprint density at radius 1 is 0.371 bits per heavy atom. The fourth-order valence-electron chi connectivity index (χ4n) is 11.1. The van der Waals surface area contributed by atoms with Gasteiger partial charge in [0.1, 0.15) is 0 Å². The first-order valence-corrected chi connectivity index (χ1v) is 22.2. The van der Waals surface area contributed by atoms with E-state index in [9.17, 15) is 0 Å². The molecule has 0 spiro atoms. The molecule has 0 heterocycles. The molecule has 62 heavy (non-hydrogen) atoms. The molecule has 300 valence electrons. The molecule has 9 aromatic carbocycles. The Labute approximate surface area is 367 Å². The molecule has 0 unspecified atom stereocenters. The average molecular weight is 798 g/mol. The fraction of sp³-hybridized carbons (Fsp3) is 0.148. The Kier molecular flexibility index (Phi) is 8.95. The van der Waals surface area contributed by atoms with Gasteiger partial charge in [-0.2, -0.15) is 0 Å². The Morgan fingerprint density at radius 3 is 1.63 bits per heavy atom. The van der Waals surface area contributed by atoms with Crippen molar-refractivity contribution in [1.29, 1.82) is 0 Å². The zero-order valence-corrected chi connectivity index (χ0v) is 36.1. The Bertz CT molecular complexity index is 3060. The second-order valence-corrected chi connectivity index (χ2v) is 18.7. The van der Waals surface area contributed by atoms with Gasteiger partial charge in [-0.1, -0.05) is 204 Å². The zero-order valence-electron chi connectivity index (χ0n) is 36.1. The van der Waals surface area contributed by atoms with Gasteiger partial charge in [0.2, 0.25) is 0 Å². The molecule has 0 aliphatic heterocycles. The minimum Gasteiger partial charge on any atom is -0.310 e. The highest BCUT2D eigenvalue weighted by Crippen LogP contribution is 2.60. The maximum Gasteiger partial charge on any atom is 0.0714 e. The van der Waals surface area contributed by atoms with Gasteiger partial charge in [-0.25, -0.2) is 0 Å². The monoisotopic (exact) mass is 797 g/mol. The van der Waals surface area contributed by atoms with Gasteiger partial charge in [0, 0.05) is 16.9 Å². The first-order chi connectivity index (χ1) is 30.3. The standard InChI is InChI=1S/C61H51N/c1-59(2)38-39-60(3,4)58-51(31-19-33-55(58)59)53-40-52-50-29-16-17-32-54(50)61(44-22-8-5-9-23-44,45-24-10-6-11-25-45)56(52)41-57(53)62(46-26-12-7-13-27-46)47-36-34-43(35-37-47)49-30-18-21-42-20-14-15-28-48(42)49/h5-37,40-41H,38-39H2,1-4H3. The normalized spacial score (nSPS) is 15.4. The number of para-hydroxylation sites is 1. The lowest BCUT2D eigenvalue weighted by atomic mass is 9.61. The van der Waals surface area contributed by atoms with Crippen LogP contribution in [-0.2, 0) is 16.2 Å². The van der Waals surface area contributed by atoms with Gasteiger partial charge in [-0.05, 0) is 132 Å². The molecule has 2 aliphatic rings. The van der Waals surface area contributed by atoms with Crippen molar-refractivity contribution in [3.05, 3.63) is 246 Å². The third-order valence-corrected chi connectivity index (χ3v) is 14.2. The third kappa shape index (κ3) is 5.90. The first-order valence-electron chi connectivity index (χ1n) is 22.2. The minimum absolute atomic E-state index is 0.00877. The summed E-state index contributed by atoms with van der Waals surface area (Å²) >= 11 is 0. The smallest absolute Gasteiger partial charge is 0.0714 e. The topological polar surface area (TPSA) is 3.24 Å². The molecule has 0 N–H and O–H groups in total. The van der Waals surface area contributed by atoms with E-state index in [-0.39, 0.29) is 10.8 Å². The molecule has 0 saturated heterocycles. The lowest BCUT2D eigenvalue weighted by Gasteiger charge is -2.43. The molecular weight excluding hydrogens is 747 g/mol. The molecule has 0 atom stereocenters. The van der Waals surface area contributed by atoms with Crippen molar-refractivity contribution in [3.8, 4) is 33.4 Å². The molecule has 0 radical (unpaired) electrons. The van der Waals surface area contributed by atoms with Crippen LogP contribution in [0.3, 0.4) is 0 Å². The van der Waals surface area contributed by atoms with Gasteiger partial charge < -0.3 is 4.90 Å². The van der Waals surface area contributed by atoms with E-state index in [1.165, 1.54) is 83.2 Å². The van der Waals surface area contributed by atoms with Crippen LogP contribution in [0.15, 0.2) is 212 Å². The number of fused-ring (bicyclic) bond motifs is 5. The highest BCUT2D eigenvalue weighted by atomic mass is 15.1. The largest absolute Gasteiger partial charge is 0.310 e. The van der Waals surface area contributed by atoms with Crippen LogP contribution in [-0.4, -0.2) is 0 Å². The molecule has 0 fully saturated rings. The van der Waals surface area contributed by atoms with Gasteiger partial charge in [0.05, 0.1) is 11.1 Å². The van der Waals surface area contributed by atoms with E-state index in [0.717, 1.165) is 24.2 Å². The predicted octanol–water partition coefficient (Wildman–Crippen LogP) is 16.4. The average Bonchev–Trinajstić information content (AvgIpc) is 3.61. The predicted molar refractivity (Wildman–Crippen MR) is 262 cm³/mol. The molecule has 0 bridgehead atoms. The molecule has 0 aromatic heterocycles. The van der Waals surface area contributed by atoms with E-state index in [4.69, 9.17) is 0 Å². The van der Waals surface area contributed by atoms with Crippen molar-refractivity contribution < 1.29 is 0 Å². The van der Waals surface area contributed by atoms with Gasteiger partial charge >= 0.3 is 0 Å². The van der Waals surface area contributed by atoms with Crippen LogP contribution in [0.1, 0.15) is 73.9 Å². The van der Waals surface area contributed by atoms with Gasteiger partial charge in [-0.3, -0.25) is 0 Å². The van der Waals surface area contributed by atoms with Crippen molar-refractivity contribution >= 4 is 27.8 Å². The van der Waals surface area contributed by atoms with E-state index in [2.05, 4.69) is 245 Å². The van der Waals surface area contributed by atoms with Crippen LogP contribution >= 0.6 is 0 Å². The summed E-state index contributed by atoms with van der Waals surface area (Å²) in [5.74, 6) is 0. The van der Waals surface area contributed by atoms with Crippen LogP contribution < -0.4 is 4.90 Å². The number of hydrogen-bond donors (Lipinski definition) is 0. The molecule has 9 aromatic rings. The van der Waals surface area contributed by atoms with E-state index in [1.54, 1.807) is 0 Å². The molecule has 0 amide bonds. The second kappa shape index (κ2) is 14.6. The van der Waals surface area contributed by atoms with Crippen molar-refractivity contribution in [2.24, 2.45) is 0 Å². The molecule has 0 saturated carbocycles. The van der Waals surface area contributed by atoms with Crippen LogP contribution in [0.4, 0.5) is 17.1 Å². The molecule has 1 heteroatoms. The number of anilines is 3. The summed E-state index contributed by atoms with van der Waals surface area (Å²) < 4.78 is 0. The van der Waals surface area contributed by atoms with Crippen molar-refractivity contribution in [3.63, 3.8) is 0 Å². The van der Waals surface area contributed by atoms with E-state index >= 15 is 0 Å². The Hall–Kier alpha value is -6.96. The van der Waals surface area contributed by atoms with Crippen LogP contribution in [0.25, 0.3) is 44.2 Å². The molecular formula is C61H51N. The quantitative estimate of drug-likeness (QED) is 0.155. The Morgan fingerprint density at radius 2 is 0.903 bits per heavy atom. The molecule has 2 aliphatic carbocycles. The van der Waals surface area contributed by atoms with Gasteiger partial charge in [0.15, 0.2) is 0 Å². The van der Waals surface area contributed by atoms with Crippen molar-refractivity contribution in [2.45, 2.75) is 56.8 Å². The van der Waals surface area contributed by atoms with Gasteiger partial charge in [-0.15, -0.1) is 0 Å². The van der Waals surface area contributed by atoms with Crippen LogP contribution in [0.2, 0.25) is 0 Å². The lowest BCUT2D eigenvalue weighted by Crippen LogP contribution is -2.34. The number of nitrogens with zero attached hydrogens (tertiary/aromatic N) is 1. The first kappa shape index (κ1) is 38.0. The summed E-state index contributed by atoms with van der Waals surface area (Å²) in [5.41, 5.74) is 18.6. The number of rotatable bonds is 7. The minimum atomic E-state index is -0.542. The zero-order chi connectivity index (χ0) is 42.1. The van der Waals surface area contributed by atoms with Crippen LogP contribution in [0.5, 0.6) is 0 Å². The van der Waals surface area contributed by atoms with E-state index in [1.807, 2.05) is 0 Å². The Balaban J connectivity index is 1.24. The second-order valence-electron chi connectivity index (χ2n) is 18.7. The summed E-state index contributed by atoms with van der Waals surface area (Å²) in [4.78, 5) is 2.52. The maximum atomic E-state index is 2.57. The van der Waals surface area contributed by atoms with E-state index in [0.29, 0.717) is 0 Å². The van der Waals surface area contributed by atoms with Crippen LogP contribution in [0, 0.1) is 0 Å². The fourth-order valence-corrected chi connectivity index (χ4v) is 11.1.